The fourth-order valence-electron chi connectivity index (χ4n) is 3.65. The molecule has 4 aromatic rings. The summed E-state index contributed by atoms with van der Waals surface area (Å²) in [5, 5.41) is 9.59. The first kappa shape index (κ1) is 20.8. The van der Waals surface area contributed by atoms with Crippen molar-refractivity contribution in [3.05, 3.63) is 89.6 Å². The summed E-state index contributed by atoms with van der Waals surface area (Å²) in [5.74, 6) is 0.317. The number of anilines is 1. The van der Waals surface area contributed by atoms with Gasteiger partial charge in [0.1, 0.15) is 11.9 Å². The van der Waals surface area contributed by atoms with Crippen molar-refractivity contribution < 1.29 is 4.79 Å². The van der Waals surface area contributed by atoms with Crippen LogP contribution in [0.25, 0.3) is 16.5 Å². The molecule has 0 bridgehead atoms. The van der Waals surface area contributed by atoms with E-state index in [0.717, 1.165) is 27.6 Å². The molecule has 0 radical (unpaired) electrons. The average molecular weight is 413 g/mol. The van der Waals surface area contributed by atoms with Crippen LogP contribution >= 0.6 is 0 Å². The van der Waals surface area contributed by atoms with Crippen molar-refractivity contribution in [1.82, 2.24) is 9.78 Å². The number of carbonyl (C=O) groups excluding carboxylic acids is 1. The highest BCUT2D eigenvalue weighted by atomic mass is 16.2. The number of carbonyl (C=O) groups is 1. The fourth-order valence-corrected chi connectivity index (χ4v) is 3.65. The number of nitrogens with zero attached hydrogens (tertiary/aromatic N) is 2. The Bertz CT molecular complexity index is 1250. The lowest BCUT2D eigenvalue weighted by atomic mass is 9.86. The number of aromatic nitrogens is 2. The van der Waals surface area contributed by atoms with Gasteiger partial charge >= 0.3 is 0 Å². The van der Waals surface area contributed by atoms with Gasteiger partial charge in [-0.15, -0.1) is 0 Å². The van der Waals surface area contributed by atoms with Gasteiger partial charge in [-0.3, -0.25) is 4.79 Å². The van der Waals surface area contributed by atoms with E-state index < -0.39 is 6.04 Å². The van der Waals surface area contributed by atoms with Crippen LogP contribution in [0.2, 0.25) is 0 Å². The van der Waals surface area contributed by atoms with E-state index in [1.807, 2.05) is 49.4 Å². The maximum Gasteiger partial charge on any atom is 0.247 e. The molecule has 31 heavy (non-hydrogen) atoms. The lowest BCUT2D eigenvalue weighted by Gasteiger charge is -2.21. The Hall–Kier alpha value is -3.44. The normalized spacial score (nSPS) is 12.7. The Labute approximate surface area is 182 Å². The number of nitrogens with one attached hydrogen (secondary N) is 1. The summed E-state index contributed by atoms with van der Waals surface area (Å²) < 4.78 is 1.76. The van der Waals surface area contributed by atoms with Crippen LogP contribution in [0.5, 0.6) is 0 Å². The van der Waals surface area contributed by atoms with Crippen molar-refractivity contribution in [2.24, 2.45) is 5.73 Å². The average Bonchev–Trinajstić information content (AvgIpc) is 3.20. The lowest BCUT2D eigenvalue weighted by Crippen LogP contribution is -2.28. The molecule has 3 aromatic carbocycles. The number of hydrogen-bond acceptors (Lipinski definition) is 3. The van der Waals surface area contributed by atoms with Crippen molar-refractivity contribution in [3.63, 3.8) is 0 Å². The molecule has 1 heterocycles. The Morgan fingerprint density at radius 2 is 1.74 bits per heavy atom. The van der Waals surface area contributed by atoms with Crippen molar-refractivity contribution in [1.29, 1.82) is 0 Å². The standard InChI is InChI=1S/C26H28N4O/c1-17-9-12-21(26(2,3)4)16-22(17)30-23(13-14-28-30)29-25(31)24(27)20-11-10-18-7-5-6-8-19(18)15-20/h5-16,24H,27H2,1-4H3,(H,29,31). The van der Waals surface area contributed by atoms with Crippen molar-refractivity contribution in [2.45, 2.75) is 39.2 Å². The summed E-state index contributed by atoms with van der Waals surface area (Å²) in [7, 11) is 0. The summed E-state index contributed by atoms with van der Waals surface area (Å²) in [4.78, 5) is 13.0. The van der Waals surface area contributed by atoms with Gasteiger partial charge in [-0.05, 0) is 51.9 Å². The molecule has 0 fully saturated rings. The topological polar surface area (TPSA) is 72.9 Å². The number of rotatable bonds is 4. The summed E-state index contributed by atoms with van der Waals surface area (Å²) in [6, 6.07) is 21.2. The molecule has 1 unspecified atom stereocenters. The third kappa shape index (κ3) is 4.23. The van der Waals surface area contributed by atoms with Crippen LogP contribution in [0.1, 0.15) is 43.5 Å². The van der Waals surface area contributed by atoms with Gasteiger partial charge in [-0.25, -0.2) is 4.68 Å². The van der Waals surface area contributed by atoms with E-state index in [-0.39, 0.29) is 11.3 Å². The molecule has 0 saturated heterocycles. The Kier molecular flexibility index (Phi) is 5.38. The number of fused-ring (bicyclic) bond motifs is 1. The van der Waals surface area contributed by atoms with Gasteiger partial charge in [-0.1, -0.05) is 69.3 Å². The summed E-state index contributed by atoms with van der Waals surface area (Å²) in [6.07, 6.45) is 1.68. The van der Waals surface area contributed by atoms with Crippen molar-refractivity contribution in [3.8, 4) is 5.69 Å². The molecule has 3 N–H and O–H groups in total. The number of hydrogen-bond donors (Lipinski definition) is 2. The molecule has 1 amide bonds. The number of aryl methyl sites for hydroxylation is 1. The Morgan fingerprint density at radius 3 is 2.48 bits per heavy atom. The first-order valence-electron chi connectivity index (χ1n) is 10.4. The maximum atomic E-state index is 13.0. The highest BCUT2D eigenvalue weighted by Crippen LogP contribution is 2.28. The predicted molar refractivity (Wildman–Crippen MR) is 127 cm³/mol. The molecule has 4 rings (SSSR count). The molecular weight excluding hydrogens is 384 g/mol. The molecule has 0 aliphatic heterocycles. The zero-order valence-corrected chi connectivity index (χ0v) is 18.4. The van der Waals surface area contributed by atoms with E-state index in [2.05, 4.69) is 49.4 Å². The second kappa shape index (κ2) is 8.00. The van der Waals surface area contributed by atoms with Crippen LogP contribution in [-0.4, -0.2) is 15.7 Å². The Balaban J connectivity index is 1.61. The summed E-state index contributed by atoms with van der Waals surface area (Å²) >= 11 is 0. The monoisotopic (exact) mass is 412 g/mol. The van der Waals surface area contributed by atoms with Crippen LogP contribution in [0.15, 0.2) is 72.9 Å². The lowest BCUT2D eigenvalue weighted by molar-refractivity contribution is -0.117. The third-order valence-corrected chi connectivity index (χ3v) is 5.61. The van der Waals surface area contributed by atoms with Crippen LogP contribution in [0.3, 0.4) is 0 Å². The largest absolute Gasteiger partial charge is 0.316 e. The summed E-state index contributed by atoms with van der Waals surface area (Å²) in [6.45, 7) is 8.57. The van der Waals surface area contributed by atoms with Gasteiger partial charge in [0.15, 0.2) is 0 Å². The van der Waals surface area contributed by atoms with Crippen LogP contribution in [0.4, 0.5) is 5.82 Å². The predicted octanol–water partition coefficient (Wildman–Crippen LogP) is 5.27. The minimum Gasteiger partial charge on any atom is -0.316 e. The quantitative estimate of drug-likeness (QED) is 0.480. The number of amides is 1. The zero-order chi connectivity index (χ0) is 22.2. The first-order valence-corrected chi connectivity index (χ1v) is 10.4. The van der Waals surface area contributed by atoms with Gasteiger partial charge in [0, 0.05) is 6.07 Å². The Morgan fingerprint density at radius 1 is 1.00 bits per heavy atom. The highest BCUT2D eigenvalue weighted by Gasteiger charge is 2.20. The number of nitrogens with two attached hydrogens (primary N) is 1. The number of benzene rings is 3. The second-order valence-electron chi connectivity index (χ2n) is 8.95. The summed E-state index contributed by atoms with van der Waals surface area (Å²) in [5.41, 5.74) is 10.3. The minimum atomic E-state index is -0.782. The molecule has 0 spiro atoms. The second-order valence-corrected chi connectivity index (χ2v) is 8.95. The van der Waals surface area contributed by atoms with Gasteiger partial charge in [0.2, 0.25) is 5.91 Å². The molecule has 158 valence electrons. The van der Waals surface area contributed by atoms with Gasteiger partial charge in [-0.2, -0.15) is 5.10 Å². The van der Waals surface area contributed by atoms with Crippen molar-refractivity contribution in [2.75, 3.05) is 5.32 Å². The molecular formula is C26H28N4O. The highest BCUT2D eigenvalue weighted by molar-refractivity contribution is 5.96. The van der Waals surface area contributed by atoms with E-state index >= 15 is 0 Å². The molecule has 0 saturated carbocycles. The van der Waals surface area contributed by atoms with Gasteiger partial charge in [0.05, 0.1) is 11.9 Å². The SMILES string of the molecule is Cc1ccc(C(C)(C)C)cc1-n1nccc1NC(=O)C(N)c1ccc2ccccc2c1. The minimum absolute atomic E-state index is 0.0114. The van der Waals surface area contributed by atoms with Crippen molar-refractivity contribution >= 4 is 22.5 Å². The van der Waals surface area contributed by atoms with Crippen LogP contribution < -0.4 is 11.1 Å². The van der Waals surface area contributed by atoms with Crippen LogP contribution in [-0.2, 0) is 10.2 Å². The third-order valence-electron chi connectivity index (χ3n) is 5.61. The zero-order valence-electron chi connectivity index (χ0n) is 18.4. The van der Waals surface area contributed by atoms with E-state index in [4.69, 9.17) is 5.73 Å². The van der Waals surface area contributed by atoms with Gasteiger partial charge in [0.25, 0.3) is 0 Å². The molecule has 5 nitrogen and oxygen atoms in total. The molecule has 1 aromatic heterocycles. The van der Waals surface area contributed by atoms with E-state index in [1.165, 1.54) is 5.56 Å². The smallest absolute Gasteiger partial charge is 0.247 e. The fraction of sp³-hybridized carbons (Fsp3) is 0.231. The van der Waals surface area contributed by atoms with E-state index in [1.54, 1.807) is 16.9 Å². The van der Waals surface area contributed by atoms with Gasteiger partial charge < -0.3 is 11.1 Å². The molecule has 0 aliphatic carbocycles. The maximum absolute atomic E-state index is 13.0. The van der Waals surface area contributed by atoms with E-state index in [9.17, 15) is 4.79 Å². The first-order chi connectivity index (χ1) is 14.7. The molecule has 0 aliphatic rings. The van der Waals surface area contributed by atoms with E-state index in [0.29, 0.717) is 5.82 Å². The molecule has 1 atom stereocenters. The molecule has 5 heteroatoms. The van der Waals surface area contributed by atoms with Crippen LogP contribution in [0, 0.1) is 6.92 Å².